The zero-order chi connectivity index (χ0) is 23.4. The summed E-state index contributed by atoms with van der Waals surface area (Å²) >= 11 is 2.61. The second-order valence-electron chi connectivity index (χ2n) is 7.97. The van der Waals surface area contributed by atoms with Crippen LogP contribution in [0.15, 0.2) is 52.0 Å². The van der Waals surface area contributed by atoms with E-state index in [0.717, 1.165) is 35.5 Å². The van der Waals surface area contributed by atoms with E-state index in [-0.39, 0.29) is 17.5 Å². The number of benzene rings is 1. The molecule has 0 spiro atoms. The predicted molar refractivity (Wildman–Crippen MR) is 131 cm³/mol. The number of nitrogens with one attached hydrogen (secondary N) is 2. The predicted octanol–water partition coefficient (Wildman–Crippen LogP) is 6.22. The molecule has 33 heavy (non-hydrogen) atoms. The highest BCUT2D eigenvalue weighted by Gasteiger charge is 2.26. The third kappa shape index (κ3) is 5.66. The molecule has 2 heterocycles. The highest BCUT2D eigenvalue weighted by Crippen LogP contribution is 2.35. The highest BCUT2D eigenvalue weighted by molar-refractivity contribution is 8.01. The van der Waals surface area contributed by atoms with Crippen LogP contribution in [-0.4, -0.2) is 27.6 Å². The molecule has 0 unspecified atom stereocenters. The Hall–Kier alpha value is -3.04. The molecule has 2 amide bonds. The van der Waals surface area contributed by atoms with Crippen LogP contribution in [0, 0.1) is 12.8 Å². The van der Waals surface area contributed by atoms with Gasteiger partial charge in [-0.15, -0.1) is 0 Å². The Morgan fingerprint density at radius 2 is 1.85 bits per heavy atom. The van der Waals surface area contributed by atoms with Gasteiger partial charge in [-0.1, -0.05) is 47.6 Å². The fourth-order valence-corrected chi connectivity index (χ4v) is 5.75. The number of ketones is 2. The van der Waals surface area contributed by atoms with Crippen LogP contribution in [-0.2, 0) is 0 Å². The Morgan fingerprint density at radius 1 is 1.06 bits per heavy atom. The molecule has 170 valence electrons. The number of rotatable bonds is 7. The van der Waals surface area contributed by atoms with Crippen LogP contribution in [0.2, 0.25) is 0 Å². The molecule has 1 aliphatic carbocycles. The Labute approximate surface area is 200 Å². The van der Waals surface area contributed by atoms with Gasteiger partial charge in [0.15, 0.2) is 16.7 Å². The smallest absolute Gasteiger partial charge is 0.307 e. The zero-order valence-electron chi connectivity index (χ0n) is 18.4. The second-order valence-corrected chi connectivity index (χ2v) is 10.3. The van der Waals surface area contributed by atoms with Crippen LogP contribution in [0.25, 0.3) is 0 Å². The molecule has 0 saturated heterocycles. The largest absolute Gasteiger partial charge is 0.325 e. The quantitative estimate of drug-likeness (QED) is 0.390. The average molecular weight is 481 g/mol. The molecule has 0 aliphatic heterocycles. The molecule has 0 bridgehead atoms. The van der Waals surface area contributed by atoms with Crippen molar-refractivity contribution >= 4 is 51.5 Å². The molecular formula is C24H24N4O3S2. The van der Waals surface area contributed by atoms with Crippen LogP contribution in [0.3, 0.4) is 0 Å². The number of aryl methyl sites for hydroxylation is 1. The maximum absolute atomic E-state index is 13.0. The lowest BCUT2D eigenvalue weighted by atomic mass is 9.94. The molecule has 1 fully saturated rings. The summed E-state index contributed by atoms with van der Waals surface area (Å²) in [4.78, 5) is 46.0. The molecule has 1 saturated carbocycles. The second kappa shape index (κ2) is 10.3. The van der Waals surface area contributed by atoms with Crippen molar-refractivity contribution in [3.05, 3.63) is 59.4 Å². The summed E-state index contributed by atoms with van der Waals surface area (Å²) in [6, 6.07) is 8.48. The maximum atomic E-state index is 13.0. The van der Waals surface area contributed by atoms with Crippen LogP contribution < -0.4 is 10.6 Å². The monoisotopic (exact) mass is 480 g/mol. The fraction of sp³-hybridized carbons (Fsp3) is 0.292. The normalized spacial score (nSPS) is 13.6. The number of anilines is 2. The lowest BCUT2D eigenvalue weighted by molar-refractivity contribution is 0.0923. The minimum absolute atomic E-state index is 0.0282. The first-order chi connectivity index (χ1) is 15.9. The van der Waals surface area contributed by atoms with Gasteiger partial charge in [0.05, 0.1) is 16.1 Å². The van der Waals surface area contributed by atoms with E-state index in [0.29, 0.717) is 27.0 Å². The van der Waals surface area contributed by atoms with Gasteiger partial charge in [-0.25, -0.2) is 14.8 Å². The molecule has 1 aliphatic rings. The summed E-state index contributed by atoms with van der Waals surface area (Å²) in [6.07, 6.45) is 7.21. The number of amides is 2. The Morgan fingerprint density at radius 3 is 2.61 bits per heavy atom. The number of carbonyl (C=O) groups excluding carboxylic acids is 3. The van der Waals surface area contributed by atoms with Crippen LogP contribution in [0.4, 0.5) is 15.6 Å². The number of thiazole rings is 1. The highest BCUT2D eigenvalue weighted by atomic mass is 32.2. The van der Waals surface area contributed by atoms with Crippen molar-refractivity contribution in [2.45, 2.75) is 48.8 Å². The van der Waals surface area contributed by atoms with Gasteiger partial charge in [-0.3, -0.25) is 14.9 Å². The van der Waals surface area contributed by atoms with Crippen LogP contribution in [0.1, 0.15) is 58.9 Å². The van der Waals surface area contributed by atoms with Crippen molar-refractivity contribution in [2.75, 3.05) is 10.6 Å². The third-order valence-corrected chi connectivity index (χ3v) is 7.50. The summed E-state index contributed by atoms with van der Waals surface area (Å²) in [5.74, 6) is 0.0606. The van der Waals surface area contributed by atoms with Crippen LogP contribution in [0.5, 0.6) is 0 Å². The number of pyridine rings is 1. The summed E-state index contributed by atoms with van der Waals surface area (Å²) in [5, 5.41) is 6.54. The van der Waals surface area contributed by atoms with Crippen molar-refractivity contribution in [2.24, 2.45) is 5.92 Å². The summed E-state index contributed by atoms with van der Waals surface area (Å²) < 4.78 is 0.791. The molecule has 0 atom stereocenters. The number of hydrogen-bond donors (Lipinski definition) is 2. The van der Waals surface area contributed by atoms with Crippen molar-refractivity contribution in [3.63, 3.8) is 0 Å². The molecule has 0 radical (unpaired) electrons. The molecule has 3 aromatic rings. The molecular weight excluding hydrogens is 456 g/mol. The van der Waals surface area contributed by atoms with Gasteiger partial charge in [0.1, 0.15) is 5.03 Å². The molecule has 1 aromatic carbocycles. The first-order valence-electron chi connectivity index (χ1n) is 10.7. The van der Waals surface area contributed by atoms with Gasteiger partial charge < -0.3 is 5.32 Å². The fourth-order valence-electron chi connectivity index (χ4n) is 3.83. The minimum Gasteiger partial charge on any atom is -0.307 e. The Balaban J connectivity index is 1.44. The molecule has 2 aromatic heterocycles. The van der Waals surface area contributed by atoms with Gasteiger partial charge in [0.2, 0.25) is 0 Å². The van der Waals surface area contributed by atoms with Crippen LogP contribution >= 0.6 is 23.1 Å². The number of carbonyl (C=O) groups is 3. The number of hydrogen-bond acceptors (Lipinski definition) is 7. The van der Waals surface area contributed by atoms with Gasteiger partial charge in [0.25, 0.3) is 0 Å². The topological polar surface area (TPSA) is 101 Å². The Kier molecular flexibility index (Phi) is 7.20. The maximum Gasteiger partial charge on any atom is 0.325 e. The summed E-state index contributed by atoms with van der Waals surface area (Å²) in [7, 11) is 0. The standard InChI is InChI=1S/C24H24N4O3S2/c1-14-9-10-19(18(12-14)21(30)16-6-3-4-7-16)27-23(31)28-24-26-13-20(33-24)32-22-17(15(2)29)8-5-11-25-22/h5,8-13,16H,3-4,6-7H2,1-2H3,(H2,26,27,28,31). The molecule has 2 N–H and O–H groups in total. The van der Waals surface area contributed by atoms with Crippen molar-refractivity contribution < 1.29 is 14.4 Å². The third-order valence-electron chi connectivity index (χ3n) is 5.47. The molecule has 7 nitrogen and oxygen atoms in total. The first-order valence-corrected chi connectivity index (χ1v) is 12.4. The number of Topliss-reactive ketones (excluding diaryl/α,β-unsaturated/α-hetero) is 2. The summed E-state index contributed by atoms with van der Waals surface area (Å²) in [6.45, 7) is 3.44. The lowest BCUT2D eigenvalue weighted by Crippen LogP contribution is -2.22. The van der Waals surface area contributed by atoms with E-state index < -0.39 is 6.03 Å². The molecule has 9 heteroatoms. The SMILES string of the molecule is CC(=O)c1cccnc1Sc1cnc(NC(=O)Nc2ccc(C)cc2C(=O)C2CCCC2)s1. The van der Waals surface area contributed by atoms with E-state index in [1.165, 1.54) is 30.0 Å². The number of urea groups is 1. The number of nitrogens with zero attached hydrogens (tertiary/aromatic N) is 2. The van der Waals surface area contributed by atoms with E-state index in [1.807, 2.05) is 19.1 Å². The van der Waals surface area contributed by atoms with E-state index in [2.05, 4.69) is 20.6 Å². The first kappa shape index (κ1) is 23.1. The van der Waals surface area contributed by atoms with E-state index in [4.69, 9.17) is 0 Å². The van der Waals surface area contributed by atoms with Gasteiger partial charge in [0, 0.05) is 23.2 Å². The minimum atomic E-state index is -0.465. The number of aromatic nitrogens is 2. The van der Waals surface area contributed by atoms with Crippen molar-refractivity contribution in [1.82, 2.24) is 9.97 Å². The lowest BCUT2D eigenvalue weighted by Gasteiger charge is -2.14. The van der Waals surface area contributed by atoms with Gasteiger partial charge in [-0.05, 0) is 51.0 Å². The van der Waals surface area contributed by atoms with Crippen molar-refractivity contribution in [3.8, 4) is 0 Å². The van der Waals surface area contributed by atoms with E-state index >= 15 is 0 Å². The average Bonchev–Trinajstić information content (AvgIpc) is 3.47. The van der Waals surface area contributed by atoms with Gasteiger partial charge >= 0.3 is 6.03 Å². The van der Waals surface area contributed by atoms with Crippen molar-refractivity contribution in [1.29, 1.82) is 0 Å². The van der Waals surface area contributed by atoms with Gasteiger partial charge in [-0.2, -0.15) is 0 Å². The van der Waals surface area contributed by atoms with E-state index in [9.17, 15) is 14.4 Å². The summed E-state index contributed by atoms with van der Waals surface area (Å²) in [5.41, 5.74) is 2.57. The Bertz CT molecular complexity index is 1200. The van der Waals surface area contributed by atoms with E-state index in [1.54, 1.807) is 30.6 Å². The molecule has 4 rings (SSSR count). The zero-order valence-corrected chi connectivity index (χ0v) is 20.0.